The van der Waals surface area contributed by atoms with Crippen LogP contribution in [0, 0.1) is 6.92 Å². The number of hydrogen-bond acceptors (Lipinski definition) is 2. The molecule has 1 aromatic heterocycles. The molecular weight excluding hydrogens is 246 g/mol. The molecule has 0 atom stereocenters. The van der Waals surface area contributed by atoms with E-state index in [1.807, 2.05) is 6.20 Å². The van der Waals surface area contributed by atoms with Crippen LogP contribution in [-0.4, -0.2) is 21.2 Å². The highest BCUT2D eigenvalue weighted by Crippen LogP contribution is 2.28. The highest BCUT2D eigenvalue weighted by atomic mass is 15.3. The topological polar surface area (TPSA) is 21.1 Å². The van der Waals surface area contributed by atoms with Gasteiger partial charge in [0.25, 0.3) is 0 Å². The highest BCUT2D eigenvalue weighted by molar-refractivity contribution is 5.46. The molecule has 0 spiro atoms. The minimum absolute atomic E-state index is 0.901. The lowest BCUT2D eigenvalue weighted by molar-refractivity contribution is 0.272. The first-order chi connectivity index (χ1) is 9.45. The van der Waals surface area contributed by atoms with Crippen molar-refractivity contribution in [2.75, 3.05) is 6.54 Å². The van der Waals surface area contributed by atoms with Gasteiger partial charge < -0.3 is 4.90 Å². The second kappa shape index (κ2) is 5.70. The molecule has 3 nitrogen and oxygen atoms in total. The quantitative estimate of drug-likeness (QED) is 0.779. The summed E-state index contributed by atoms with van der Waals surface area (Å²) in [6.45, 7) is 17.9. The summed E-state index contributed by atoms with van der Waals surface area (Å²) in [5.41, 5.74) is 7.62. The molecule has 1 aromatic rings. The zero-order valence-electron chi connectivity index (χ0n) is 13.3. The van der Waals surface area contributed by atoms with Crippen LogP contribution in [0.3, 0.4) is 0 Å². The molecule has 0 saturated heterocycles. The van der Waals surface area contributed by atoms with E-state index < -0.39 is 0 Å². The fourth-order valence-electron chi connectivity index (χ4n) is 2.82. The van der Waals surface area contributed by atoms with Crippen LogP contribution in [0.5, 0.6) is 0 Å². The molecule has 2 heterocycles. The van der Waals surface area contributed by atoms with Crippen molar-refractivity contribution in [3.63, 3.8) is 0 Å². The van der Waals surface area contributed by atoms with Crippen LogP contribution in [0.2, 0.25) is 0 Å². The lowest BCUT2D eigenvalue weighted by Crippen LogP contribution is -2.34. The summed E-state index contributed by atoms with van der Waals surface area (Å²) in [6, 6.07) is 0. The molecule has 2 rings (SSSR count). The molecule has 20 heavy (non-hydrogen) atoms. The van der Waals surface area contributed by atoms with Gasteiger partial charge in [-0.15, -0.1) is 0 Å². The number of aromatic nitrogens is 2. The predicted octanol–water partition coefficient (Wildman–Crippen LogP) is 3.82. The average molecular weight is 271 g/mol. The third kappa shape index (κ3) is 2.58. The Hall–Kier alpha value is -1.77. The molecule has 0 saturated carbocycles. The molecular formula is C17H25N3. The summed E-state index contributed by atoms with van der Waals surface area (Å²) in [6.07, 6.45) is 4.12. The lowest BCUT2D eigenvalue weighted by Gasteiger charge is -2.33. The van der Waals surface area contributed by atoms with Gasteiger partial charge in [-0.1, -0.05) is 18.2 Å². The Morgan fingerprint density at radius 2 is 2.00 bits per heavy atom. The SMILES string of the molecule is C=C(C(=C(C)C)/C(C)=C/C)N1CCn2ncc(C)c2C1. The van der Waals surface area contributed by atoms with Crippen LogP contribution >= 0.6 is 0 Å². The van der Waals surface area contributed by atoms with Crippen molar-refractivity contribution in [2.45, 2.75) is 47.7 Å². The molecule has 0 radical (unpaired) electrons. The van der Waals surface area contributed by atoms with E-state index in [-0.39, 0.29) is 0 Å². The normalized spacial score (nSPS) is 15.1. The Labute approximate surface area is 122 Å². The van der Waals surface area contributed by atoms with Crippen LogP contribution in [-0.2, 0) is 13.1 Å². The Morgan fingerprint density at radius 3 is 2.60 bits per heavy atom. The molecule has 108 valence electrons. The molecule has 0 aliphatic carbocycles. The van der Waals surface area contributed by atoms with Crippen molar-refractivity contribution in [2.24, 2.45) is 0 Å². The third-order valence-corrected chi connectivity index (χ3v) is 4.08. The first-order valence-corrected chi connectivity index (χ1v) is 7.22. The molecule has 0 N–H and O–H groups in total. The number of fused-ring (bicyclic) bond motifs is 1. The molecule has 1 aliphatic heterocycles. The molecule has 3 heteroatoms. The fraction of sp³-hybridized carbons (Fsp3) is 0.471. The minimum Gasteiger partial charge on any atom is -0.364 e. The van der Waals surface area contributed by atoms with Gasteiger partial charge in [0.05, 0.1) is 25.0 Å². The van der Waals surface area contributed by atoms with Crippen LogP contribution in [0.25, 0.3) is 0 Å². The van der Waals surface area contributed by atoms with E-state index in [1.165, 1.54) is 28.0 Å². The lowest BCUT2D eigenvalue weighted by atomic mass is 9.98. The van der Waals surface area contributed by atoms with Gasteiger partial charge in [-0.2, -0.15) is 5.10 Å². The predicted molar refractivity (Wildman–Crippen MR) is 84.3 cm³/mol. The Balaban J connectivity index is 2.28. The van der Waals surface area contributed by atoms with Crippen molar-refractivity contribution in [3.8, 4) is 0 Å². The van der Waals surface area contributed by atoms with Gasteiger partial charge in [0.1, 0.15) is 0 Å². The number of nitrogens with zero attached hydrogens (tertiary/aromatic N) is 3. The number of rotatable bonds is 3. The van der Waals surface area contributed by atoms with E-state index in [4.69, 9.17) is 0 Å². The smallest absolute Gasteiger partial charge is 0.0607 e. The van der Waals surface area contributed by atoms with Crippen molar-refractivity contribution < 1.29 is 0 Å². The van der Waals surface area contributed by atoms with Gasteiger partial charge in [-0.25, -0.2) is 0 Å². The van der Waals surface area contributed by atoms with Crippen LogP contribution in [0.1, 0.15) is 39.0 Å². The molecule has 0 amide bonds. The Kier molecular flexibility index (Phi) is 4.17. The highest BCUT2D eigenvalue weighted by Gasteiger charge is 2.22. The molecule has 0 aromatic carbocycles. The summed E-state index contributed by atoms with van der Waals surface area (Å²) in [5, 5.41) is 4.42. The molecule has 0 fully saturated rings. The van der Waals surface area contributed by atoms with Crippen molar-refractivity contribution in [1.82, 2.24) is 14.7 Å². The van der Waals surface area contributed by atoms with E-state index in [0.29, 0.717) is 0 Å². The second-order valence-electron chi connectivity index (χ2n) is 5.71. The van der Waals surface area contributed by atoms with E-state index in [9.17, 15) is 0 Å². The maximum atomic E-state index is 4.42. The van der Waals surface area contributed by atoms with Crippen molar-refractivity contribution >= 4 is 0 Å². The minimum atomic E-state index is 0.901. The summed E-state index contributed by atoms with van der Waals surface area (Å²) in [5.74, 6) is 0. The van der Waals surface area contributed by atoms with Crippen molar-refractivity contribution in [1.29, 1.82) is 0 Å². The van der Waals surface area contributed by atoms with E-state index in [1.54, 1.807) is 0 Å². The third-order valence-electron chi connectivity index (χ3n) is 4.08. The number of allylic oxidation sites excluding steroid dienone is 3. The molecule has 0 unspecified atom stereocenters. The zero-order chi connectivity index (χ0) is 14.9. The van der Waals surface area contributed by atoms with Crippen LogP contribution < -0.4 is 0 Å². The van der Waals surface area contributed by atoms with Gasteiger partial charge in [-0.3, -0.25) is 4.68 Å². The van der Waals surface area contributed by atoms with Crippen LogP contribution in [0.4, 0.5) is 0 Å². The summed E-state index contributed by atoms with van der Waals surface area (Å²) in [7, 11) is 0. The summed E-state index contributed by atoms with van der Waals surface area (Å²) >= 11 is 0. The van der Waals surface area contributed by atoms with Gasteiger partial charge in [-0.05, 0) is 51.3 Å². The van der Waals surface area contributed by atoms with Gasteiger partial charge in [0, 0.05) is 12.2 Å². The van der Waals surface area contributed by atoms with Gasteiger partial charge >= 0.3 is 0 Å². The first kappa shape index (κ1) is 14.6. The monoisotopic (exact) mass is 271 g/mol. The van der Waals surface area contributed by atoms with E-state index >= 15 is 0 Å². The maximum absolute atomic E-state index is 4.42. The average Bonchev–Trinajstić information content (AvgIpc) is 2.79. The van der Waals surface area contributed by atoms with Crippen molar-refractivity contribution in [3.05, 3.63) is 52.5 Å². The Bertz CT molecular complexity index is 583. The van der Waals surface area contributed by atoms with Gasteiger partial charge in [0.2, 0.25) is 0 Å². The summed E-state index contributed by atoms with van der Waals surface area (Å²) < 4.78 is 2.11. The summed E-state index contributed by atoms with van der Waals surface area (Å²) in [4.78, 5) is 2.37. The van der Waals surface area contributed by atoms with Gasteiger partial charge in [0.15, 0.2) is 0 Å². The second-order valence-corrected chi connectivity index (χ2v) is 5.71. The number of aryl methyl sites for hydroxylation is 1. The number of hydrogen-bond donors (Lipinski definition) is 0. The van der Waals surface area contributed by atoms with E-state index in [2.05, 4.69) is 62.0 Å². The standard InChI is InChI=1S/C17H25N3/c1-7-13(4)17(12(2)3)15(6)19-8-9-20-16(11-19)14(5)10-18-20/h7,10H,6,8-9,11H2,1-5H3/b13-7+. The first-order valence-electron chi connectivity index (χ1n) is 7.22. The van der Waals surface area contributed by atoms with E-state index in [0.717, 1.165) is 25.3 Å². The largest absolute Gasteiger partial charge is 0.364 e. The zero-order valence-corrected chi connectivity index (χ0v) is 13.3. The molecule has 1 aliphatic rings. The fourth-order valence-corrected chi connectivity index (χ4v) is 2.82. The Morgan fingerprint density at radius 1 is 1.30 bits per heavy atom. The maximum Gasteiger partial charge on any atom is 0.0607 e. The van der Waals surface area contributed by atoms with Crippen LogP contribution in [0.15, 0.2) is 41.3 Å². The molecule has 0 bridgehead atoms.